The molecule has 82 valence electrons. The van der Waals surface area contributed by atoms with Gasteiger partial charge in [-0.15, -0.1) is 0 Å². The molecule has 0 saturated carbocycles. The van der Waals surface area contributed by atoms with Crippen LogP contribution in [0.2, 0.25) is 0 Å². The zero-order chi connectivity index (χ0) is 11.3. The van der Waals surface area contributed by atoms with Crippen LogP contribution in [-0.2, 0) is 0 Å². The van der Waals surface area contributed by atoms with E-state index in [1.807, 2.05) is 0 Å². The SMILES string of the molecule is NNc1ccc([N+](=O)[O-])c(SCCO)n1. The lowest BCUT2D eigenvalue weighted by Gasteiger charge is -2.03. The van der Waals surface area contributed by atoms with Gasteiger partial charge in [0.25, 0.3) is 0 Å². The largest absolute Gasteiger partial charge is 0.396 e. The fourth-order valence-corrected chi connectivity index (χ4v) is 1.64. The van der Waals surface area contributed by atoms with Gasteiger partial charge in [0.15, 0.2) is 5.03 Å². The molecule has 0 aromatic carbocycles. The second-order valence-corrected chi connectivity index (χ2v) is 3.58. The number of anilines is 1. The van der Waals surface area contributed by atoms with Crippen LogP contribution in [0.3, 0.4) is 0 Å². The number of nitrogen functional groups attached to an aromatic ring is 1. The number of aliphatic hydroxyl groups excluding tert-OH is 1. The topological polar surface area (TPSA) is 114 Å². The lowest BCUT2D eigenvalue weighted by molar-refractivity contribution is -0.388. The van der Waals surface area contributed by atoms with Crippen LogP contribution in [0.25, 0.3) is 0 Å². The number of nitrogens with one attached hydrogen (secondary N) is 1. The van der Waals surface area contributed by atoms with Gasteiger partial charge >= 0.3 is 5.69 Å². The van der Waals surface area contributed by atoms with Crippen LogP contribution < -0.4 is 11.3 Å². The van der Waals surface area contributed by atoms with Crippen molar-refractivity contribution in [1.29, 1.82) is 0 Å². The van der Waals surface area contributed by atoms with Crippen LogP contribution >= 0.6 is 11.8 Å². The number of hydrogen-bond acceptors (Lipinski definition) is 7. The summed E-state index contributed by atoms with van der Waals surface area (Å²) in [6.45, 7) is -0.0657. The third-order valence-corrected chi connectivity index (χ3v) is 2.48. The molecular formula is C7H10N4O3S. The van der Waals surface area contributed by atoms with E-state index in [-0.39, 0.29) is 17.3 Å². The van der Waals surface area contributed by atoms with E-state index in [0.717, 1.165) is 11.8 Å². The molecule has 0 radical (unpaired) electrons. The highest BCUT2D eigenvalue weighted by Gasteiger charge is 2.15. The van der Waals surface area contributed by atoms with Crippen molar-refractivity contribution < 1.29 is 10.0 Å². The molecule has 0 aliphatic carbocycles. The molecule has 0 bridgehead atoms. The summed E-state index contributed by atoms with van der Waals surface area (Å²) in [7, 11) is 0. The average Bonchev–Trinajstić information content (AvgIpc) is 2.25. The summed E-state index contributed by atoms with van der Waals surface area (Å²) in [6, 6.07) is 2.74. The number of pyridine rings is 1. The molecule has 0 atom stereocenters. The van der Waals surface area contributed by atoms with Crippen LogP contribution in [0.1, 0.15) is 0 Å². The zero-order valence-electron chi connectivity index (χ0n) is 7.71. The molecule has 0 amide bonds. The van der Waals surface area contributed by atoms with E-state index in [1.54, 1.807) is 0 Å². The van der Waals surface area contributed by atoms with Gasteiger partial charge in [-0.05, 0) is 6.07 Å². The van der Waals surface area contributed by atoms with E-state index in [0.29, 0.717) is 11.6 Å². The minimum absolute atomic E-state index is 0.0657. The first-order chi connectivity index (χ1) is 7.19. The molecule has 0 unspecified atom stereocenters. The third kappa shape index (κ3) is 3.05. The second-order valence-electron chi connectivity index (χ2n) is 2.49. The summed E-state index contributed by atoms with van der Waals surface area (Å²) < 4.78 is 0. The molecule has 1 aromatic rings. The monoisotopic (exact) mass is 230 g/mol. The standard InChI is InChI=1S/C7H10N4O3S/c8-10-6-2-1-5(11(13)14)7(9-6)15-4-3-12/h1-2,12H,3-4,8H2,(H,9,10). The summed E-state index contributed by atoms with van der Waals surface area (Å²) in [4.78, 5) is 14.0. The number of aromatic nitrogens is 1. The number of nitrogens with two attached hydrogens (primary N) is 1. The van der Waals surface area contributed by atoms with Crippen molar-refractivity contribution in [3.05, 3.63) is 22.2 Å². The first-order valence-corrected chi connectivity index (χ1v) is 5.03. The van der Waals surface area contributed by atoms with Crippen LogP contribution in [0, 0.1) is 10.1 Å². The molecule has 1 heterocycles. The molecule has 8 heteroatoms. The maximum Gasteiger partial charge on any atom is 0.301 e. The first kappa shape index (κ1) is 11.7. The molecule has 15 heavy (non-hydrogen) atoms. The van der Waals surface area contributed by atoms with Gasteiger partial charge in [0, 0.05) is 11.8 Å². The predicted molar refractivity (Wildman–Crippen MR) is 56.5 cm³/mol. The molecule has 0 saturated heterocycles. The average molecular weight is 230 g/mol. The number of nitro groups is 1. The molecule has 4 N–H and O–H groups in total. The van der Waals surface area contributed by atoms with E-state index in [4.69, 9.17) is 10.9 Å². The van der Waals surface area contributed by atoms with E-state index in [9.17, 15) is 10.1 Å². The van der Waals surface area contributed by atoms with Gasteiger partial charge in [0.05, 0.1) is 11.5 Å². The Balaban J connectivity index is 2.99. The molecular weight excluding hydrogens is 220 g/mol. The van der Waals surface area contributed by atoms with Crippen LogP contribution in [0.15, 0.2) is 17.2 Å². The molecule has 1 aromatic heterocycles. The Kier molecular flexibility index (Phi) is 4.28. The van der Waals surface area contributed by atoms with Gasteiger partial charge in [-0.3, -0.25) is 10.1 Å². The molecule has 0 spiro atoms. The summed E-state index contributed by atoms with van der Waals surface area (Å²) >= 11 is 1.11. The Bertz CT molecular complexity index is 360. The Morgan fingerprint density at radius 3 is 2.93 bits per heavy atom. The quantitative estimate of drug-likeness (QED) is 0.289. The second kappa shape index (κ2) is 5.49. The number of rotatable bonds is 5. The van der Waals surface area contributed by atoms with Gasteiger partial charge in [0.1, 0.15) is 5.82 Å². The summed E-state index contributed by atoms with van der Waals surface area (Å²) in [6.07, 6.45) is 0. The van der Waals surface area contributed by atoms with Crippen molar-refractivity contribution in [1.82, 2.24) is 4.98 Å². The van der Waals surface area contributed by atoms with Crippen LogP contribution in [0.5, 0.6) is 0 Å². The van der Waals surface area contributed by atoms with Gasteiger partial charge in [-0.2, -0.15) is 0 Å². The molecule has 0 aliphatic heterocycles. The number of aliphatic hydroxyl groups is 1. The fourth-order valence-electron chi connectivity index (χ4n) is 0.901. The Labute approximate surface area is 89.8 Å². The maximum absolute atomic E-state index is 10.6. The molecule has 7 nitrogen and oxygen atoms in total. The lowest BCUT2D eigenvalue weighted by atomic mass is 10.4. The van der Waals surface area contributed by atoms with E-state index < -0.39 is 4.92 Å². The molecule has 0 fully saturated rings. The zero-order valence-corrected chi connectivity index (χ0v) is 8.53. The van der Waals surface area contributed by atoms with Crippen LogP contribution in [0.4, 0.5) is 11.5 Å². The number of hydrazine groups is 1. The third-order valence-electron chi connectivity index (χ3n) is 1.51. The Morgan fingerprint density at radius 2 is 2.40 bits per heavy atom. The van der Waals surface area contributed by atoms with Gasteiger partial charge < -0.3 is 10.5 Å². The van der Waals surface area contributed by atoms with Crippen molar-refractivity contribution in [2.24, 2.45) is 5.84 Å². The highest BCUT2D eigenvalue weighted by atomic mass is 32.2. The minimum Gasteiger partial charge on any atom is -0.396 e. The smallest absolute Gasteiger partial charge is 0.301 e. The van der Waals surface area contributed by atoms with E-state index in [2.05, 4.69) is 10.4 Å². The minimum atomic E-state index is -0.521. The van der Waals surface area contributed by atoms with Crippen molar-refractivity contribution in [3.8, 4) is 0 Å². The lowest BCUT2D eigenvalue weighted by Crippen LogP contribution is -2.09. The summed E-state index contributed by atoms with van der Waals surface area (Å²) in [5.41, 5.74) is 2.21. The highest BCUT2D eigenvalue weighted by molar-refractivity contribution is 7.99. The van der Waals surface area contributed by atoms with Gasteiger partial charge in [-0.1, -0.05) is 11.8 Å². The maximum atomic E-state index is 10.6. The Hall–Kier alpha value is -1.38. The van der Waals surface area contributed by atoms with Gasteiger partial charge in [0.2, 0.25) is 0 Å². The van der Waals surface area contributed by atoms with Gasteiger partial charge in [-0.25, -0.2) is 10.8 Å². The predicted octanol–water partition coefficient (Wildman–Crippen LogP) is 0.360. The van der Waals surface area contributed by atoms with E-state index >= 15 is 0 Å². The molecule has 0 aliphatic rings. The summed E-state index contributed by atoms with van der Waals surface area (Å²) in [5.74, 6) is 5.83. The van der Waals surface area contributed by atoms with Crippen LogP contribution in [-0.4, -0.2) is 27.4 Å². The van der Waals surface area contributed by atoms with Crippen molar-refractivity contribution in [2.75, 3.05) is 17.8 Å². The van der Waals surface area contributed by atoms with Crippen molar-refractivity contribution in [3.63, 3.8) is 0 Å². The Morgan fingerprint density at radius 1 is 1.67 bits per heavy atom. The fraction of sp³-hybridized carbons (Fsp3) is 0.286. The molecule has 1 rings (SSSR count). The summed E-state index contributed by atoms with van der Waals surface area (Å²) in [5, 5.41) is 19.5. The number of hydrogen-bond donors (Lipinski definition) is 3. The van der Waals surface area contributed by atoms with Crippen molar-refractivity contribution in [2.45, 2.75) is 5.03 Å². The van der Waals surface area contributed by atoms with E-state index in [1.165, 1.54) is 12.1 Å². The number of nitrogens with zero attached hydrogens (tertiary/aromatic N) is 2. The first-order valence-electron chi connectivity index (χ1n) is 4.04. The van der Waals surface area contributed by atoms with Crippen molar-refractivity contribution >= 4 is 23.3 Å². The normalized spacial score (nSPS) is 10.0. The highest BCUT2D eigenvalue weighted by Crippen LogP contribution is 2.27. The number of thioether (sulfide) groups is 1.